The van der Waals surface area contributed by atoms with Crippen molar-refractivity contribution in [1.82, 2.24) is 4.90 Å². The van der Waals surface area contributed by atoms with E-state index in [1.165, 1.54) is 18.2 Å². The fraction of sp³-hybridized carbons (Fsp3) is 0.350. The van der Waals surface area contributed by atoms with E-state index in [9.17, 15) is 4.79 Å². The van der Waals surface area contributed by atoms with Gasteiger partial charge in [-0.3, -0.25) is 9.69 Å². The van der Waals surface area contributed by atoms with Crippen LogP contribution in [0.4, 0.5) is 0 Å². The first-order valence-electron chi connectivity index (χ1n) is 8.31. The van der Waals surface area contributed by atoms with Crippen LogP contribution in [-0.2, 0) is 9.53 Å². The van der Waals surface area contributed by atoms with Gasteiger partial charge in [0.1, 0.15) is 0 Å². The topological polar surface area (TPSA) is 29.5 Å². The van der Waals surface area contributed by atoms with Gasteiger partial charge < -0.3 is 4.74 Å². The SMILES string of the molecule is COC(=O)C1CCN([C@@H](c2ccccc2)c2ccc(Cl)cc2)CC1. The molecular formula is C20H22ClNO2. The quantitative estimate of drug-likeness (QED) is 0.774. The van der Waals surface area contributed by atoms with Gasteiger partial charge in [0.25, 0.3) is 0 Å². The Morgan fingerprint density at radius 2 is 1.62 bits per heavy atom. The molecule has 1 atom stereocenters. The Morgan fingerprint density at radius 3 is 2.21 bits per heavy atom. The predicted octanol–water partition coefficient (Wildman–Crippen LogP) is 4.31. The summed E-state index contributed by atoms with van der Waals surface area (Å²) in [4.78, 5) is 14.2. The van der Waals surface area contributed by atoms with E-state index in [1.807, 2.05) is 18.2 Å². The minimum absolute atomic E-state index is 0.0212. The number of piperidine rings is 1. The Balaban J connectivity index is 1.84. The van der Waals surface area contributed by atoms with E-state index >= 15 is 0 Å². The number of nitrogens with zero attached hydrogens (tertiary/aromatic N) is 1. The molecule has 24 heavy (non-hydrogen) atoms. The molecule has 3 rings (SSSR count). The summed E-state index contributed by atoms with van der Waals surface area (Å²) in [6.45, 7) is 1.75. The Bertz CT molecular complexity index is 664. The molecule has 126 valence electrons. The van der Waals surface area contributed by atoms with Crippen LogP contribution < -0.4 is 0 Å². The van der Waals surface area contributed by atoms with Gasteiger partial charge in [0.05, 0.1) is 19.1 Å². The number of ether oxygens (including phenoxy) is 1. The van der Waals surface area contributed by atoms with Gasteiger partial charge in [-0.2, -0.15) is 0 Å². The molecule has 0 aromatic heterocycles. The fourth-order valence-electron chi connectivity index (χ4n) is 3.45. The molecule has 1 aliphatic heterocycles. The molecule has 0 unspecified atom stereocenters. The van der Waals surface area contributed by atoms with Gasteiger partial charge in [-0.25, -0.2) is 0 Å². The molecule has 2 aromatic carbocycles. The van der Waals surface area contributed by atoms with Gasteiger partial charge in [0.15, 0.2) is 0 Å². The number of carbonyl (C=O) groups is 1. The molecular weight excluding hydrogens is 322 g/mol. The van der Waals surface area contributed by atoms with Gasteiger partial charge >= 0.3 is 5.97 Å². The van der Waals surface area contributed by atoms with Crippen molar-refractivity contribution in [2.75, 3.05) is 20.2 Å². The third kappa shape index (κ3) is 3.80. The van der Waals surface area contributed by atoms with Gasteiger partial charge in [-0.15, -0.1) is 0 Å². The summed E-state index contributed by atoms with van der Waals surface area (Å²) in [7, 11) is 1.47. The normalized spacial score (nSPS) is 17.4. The average molecular weight is 344 g/mol. The zero-order valence-corrected chi connectivity index (χ0v) is 14.6. The van der Waals surface area contributed by atoms with Crippen molar-refractivity contribution in [3.05, 3.63) is 70.7 Å². The Labute approximate surface area is 148 Å². The molecule has 0 bridgehead atoms. The van der Waals surface area contributed by atoms with E-state index in [-0.39, 0.29) is 17.9 Å². The Kier molecular flexibility index (Phi) is 5.54. The van der Waals surface area contributed by atoms with E-state index in [2.05, 4.69) is 41.3 Å². The van der Waals surface area contributed by atoms with Crippen LogP contribution in [0.1, 0.15) is 30.0 Å². The summed E-state index contributed by atoms with van der Waals surface area (Å²) < 4.78 is 4.90. The number of carbonyl (C=O) groups excluding carboxylic acids is 1. The van der Waals surface area contributed by atoms with Crippen LogP contribution in [0.3, 0.4) is 0 Å². The zero-order valence-electron chi connectivity index (χ0n) is 13.8. The highest BCUT2D eigenvalue weighted by atomic mass is 35.5. The van der Waals surface area contributed by atoms with E-state index in [0.29, 0.717) is 0 Å². The van der Waals surface area contributed by atoms with Crippen molar-refractivity contribution >= 4 is 17.6 Å². The third-order valence-electron chi connectivity index (χ3n) is 4.73. The Morgan fingerprint density at radius 1 is 1.04 bits per heavy atom. The van der Waals surface area contributed by atoms with Gasteiger partial charge in [0, 0.05) is 5.02 Å². The summed E-state index contributed by atoms with van der Waals surface area (Å²) in [5, 5.41) is 0.745. The highest BCUT2D eigenvalue weighted by Crippen LogP contribution is 2.33. The van der Waals surface area contributed by atoms with E-state index in [1.54, 1.807) is 0 Å². The van der Waals surface area contributed by atoms with Crippen molar-refractivity contribution in [1.29, 1.82) is 0 Å². The maximum absolute atomic E-state index is 11.8. The standard InChI is InChI=1S/C20H22ClNO2/c1-24-20(23)17-11-13-22(14-12-17)19(15-5-3-2-4-6-15)16-7-9-18(21)10-8-16/h2-10,17,19H,11-14H2,1H3/t19-/m0/s1. The third-order valence-corrected chi connectivity index (χ3v) is 4.98. The molecule has 4 heteroatoms. The molecule has 0 aliphatic carbocycles. The largest absolute Gasteiger partial charge is 0.469 e. The molecule has 1 fully saturated rings. The molecule has 0 radical (unpaired) electrons. The van der Waals surface area contributed by atoms with Crippen LogP contribution in [0.15, 0.2) is 54.6 Å². The second kappa shape index (κ2) is 7.82. The summed E-state index contributed by atoms with van der Waals surface area (Å²) in [6, 6.07) is 18.7. The van der Waals surface area contributed by atoms with Crippen LogP contribution in [0.2, 0.25) is 5.02 Å². The number of esters is 1. The van der Waals surface area contributed by atoms with Gasteiger partial charge in [-0.05, 0) is 49.2 Å². The van der Waals surface area contributed by atoms with Crippen LogP contribution in [0, 0.1) is 5.92 Å². The van der Waals surface area contributed by atoms with Crippen LogP contribution >= 0.6 is 11.6 Å². The van der Waals surface area contributed by atoms with E-state index < -0.39 is 0 Å². The number of rotatable bonds is 4. The zero-order chi connectivity index (χ0) is 16.9. The molecule has 1 heterocycles. The lowest BCUT2D eigenvalue weighted by molar-refractivity contribution is -0.147. The second-order valence-electron chi connectivity index (χ2n) is 6.20. The lowest BCUT2D eigenvalue weighted by atomic mass is 9.91. The van der Waals surface area contributed by atoms with Crippen molar-refractivity contribution in [2.45, 2.75) is 18.9 Å². The van der Waals surface area contributed by atoms with E-state index in [0.717, 1.165) is 31.0 Å². The first-order chi connectivity index (χ1) is 11.7. The summed E-state index contributed by atoms with van der Waals surface area (Å²) in [5.74, 6) is -0.0645. The maximum Gasteiger partial charge on any atom is 0.308 e. The fourth-order valence-corrected chi connectivity index (χ4v) is 3.58. The number of benzene rings is 2. The summed E-state index contributed by atoms with van der Waals surface area (Å²) in [6.07, 6.45) is 1.67. The molecule has 0 amide bonds. The van der Waals surface area contributed by atoms with Gasteiger partial charge in [-0.1, -0.05) is 54.1 Å². The smallest absolute Gasteiger partial charge is 0.308 e. The molecule has 2 aromatic rings. The number of hydrogen-bond donors (Lipinski definition) is 0. The van der Waals surface area contributed by atoms with Crippen LogP contribution in [-0.4, -0.2) is 31.1 Å². The van der Waals surface area contributed by atoms with Crippen molar-refractivity contribution in [2.24, 2.45) is 5.92 Å². The maximum atomic E-state index is 11.8. The average Bonchev–Trinajstić information content (AvgIpc) is 2.64. The van der Waals surface area contributed by atoms with Crippen molar-refractivity contribution in [3.8, 4) is 0 Å². The van der Waals surface area contributed by atoms with E-state index in [4.69, 9.17) is 16.3 Å². The molecule has 1 saturated heterocycles. The summed E-state index contributed by atoms with van der Waals surface area (Å²) >= 11 is 6.05. The molecule has 0 spiro atoms. The lowest BCUT2D eigenvalue weighted by Crippen LogP contribution is -2.39. The van der Waals surface area contributed by atoms with Gasteiger partial charge in [0.2, 0.25) is 0 Å². The number of likely N-dealkylation sites (tertiary alicyclic amines) is 1. The number of halogens is 1. The Hall–Kier alpha value is -1.84. The highest BCUT2D eigenvalue weighted by molar-refractivity contribution is 6.30. The van der Waals surface area contributed by atoms with Crippen LogP contribution in [0.5, 0.6) is 0 Å². The lowest BCUT2D eigenvalue weighted by Gasteiger charge is -2.37. The number of hydrogen-bond acceptors (Lipinski definition) is 3. The number of methoxy groups -OCH3 is 1. The summed E-state index contributed by atoms with van der Waals surface area (Å²) in [5.41, 5.74) is 2.48. The highest BCUT2D eigenvalue weighted by Gasteiger charge is 2.30. The first-order valence-corrected chi connectivity index (χ1v) is 8.69. The molecule has 0 saturated carbocycles. The second-order valence-corrected chi connectivity index (χ2v) is 6.63. The minimum Gasteiger partial charge on any atom is -0.469 e. The monoisotopic (exact) mass is 343 g/mol. The predicted molar refractivity (Wildman–Crippen MR) is 96.1 cm³/mol. The molecule has 1 aliphatic rings. The van der Waals surface area contributed by atoms with Crippen LogP contribution in [0.25, 0.3) is 0 Å². The van der Waals surface area contributed by atoms with Crippen molar-refractivity contribution in [3.63, 3.8) is 0 Å². The molecule has 3 nitrogen and oxygen atoms in total. The first kappa shape index (κ1) is 17.0. The minimum atomic E-state index is -0.0857. The van der Waals surface area contributed by atoms with Crippen molar-refractivity contribution < 1.29 is 9.53 Å². The molecule has 0 N–H and O–H groups in total.